The maximum atomic E-state index is 13.0. The summed E-state index contributed by atoms with van der Waals surface area (Å²) in [6.45, 7) is 3.38. The minimum Gasteiger partial charge on any atom is -0.358 e. The van der Waals surface area contributed by atoms with E-state index in [0.717, 1.165) is 39.9 Å². The molecule has 1 aliphatic heterocycles. The number of rotatable bonds is 4. The van der Waals surface area contributed by atoms with Crippen LogP contribution in [0.5, 0.6) is 0 Å². The summed E-state index contributed by atoms with van der Waals surface area (Å²) >= 11 is 7.74. The quantitative estimate of drug-likeness (QED) is 0.458. The van der Waals surface area contributed by atoms with Gasteiger partial charge in [-0.05, 0) is 30.7 Å². The standard InChI is InChI=1S/C23H21ClN4OS/c1-15-18(24)6-4-8-21(15)28-12-10-25-23(28)30-14-22(29)27-11-9-20-17(13-27)16-5-2-3-7-19(16)26-20/h2-8,10,12,26H,9,11,13-14H2,1H3. The highest BCUT2D eigenvalue weighted by Crippen LogP contribution is 2.29. The maximum absolute atomic E-state index is 13.0. The lowest BCUT2D eigenvalue weighted by atomic mass is 10.0. The third-order valence-corrected chi connectivity index (χ3v) is 7.03. The maximum Gasteiger partial charge on any atom is 0.233 e. The number of hydrogen-bond donors (Lipinski definition) is 1. The average molecular weight is 437 g/mol. The zero-order chi connectivity index (χ0) is 20.7. The molecule has 3 heterocycles. The number of nitrogens with one attached hydrogen (secondary N) is 1. The van der Waals surface area contributed by atoms with Crippen LogP contribution in [-0.2, 0) is 17.8 Å². The van der Waals surface area contributed by atoms with E-state index >= 15 is 0 Å². The first-order chi connectivity index (χ1) is 14.6. The van der Waals surface area contributed by atoms with Gasteiger partial charge in [-0.1, -0.05) is 47.6 Å². The van der Waals surface area contributed by atoms with Crippen molar-refractivity contribution in [1.29, 1.82) is 0 Å². The lowest BCUT2D eigenvalue weighted by Crippen LogP contribution is -2.36. The first kappa shape index (κ1) is 19.3. The van der Waals surface area contributed by atoms with Gasteiger partial charge in [-0.15, -0.1) is 0 Å². The van der Waals surface area contributed by atoms with Gasteiger partial charge in [0.1, 0.15) is 0 Å². The van der Waals surface area contributed by atoms with Gasteiger partial charge in [0.25, 0.3) is 0 Å². The Hall–Kier alpha value is -2.70. The Bertz CT molecular complexity index is 1250. The van der Waals surface area contributed by atoms with E-state index in [1.54, 1.807) is 6.20 Å². The van der Waals surface area contributed by atoms with Crippen LogP contribution in [0.25, 0.3) is 16.6 Å². The van der Waals surface area contributed by atoms with Gasteiger partial charge in [0, 0.05) is 59.1 Å². The summed E-state index contributed by atoms with van der Waals surface area (Å²) in [5.41, 5.74) is 5.61. The van der Waals surface area contributed by atoms with Gasteiger partial charge in [0.05, 0.1) is 11.4 Å². The second-order valence-electron chi connectivity index (χ2n) is 7.45. The molecule has 0 saturated heterocycles. The predicted octanol–water partition coefficient (Wildman–Crippen LogP) is 4.99. The Balaban J connectivity index is 1.31. The van der Waals surface area contributed by atoms with Crippen LogP contribution in [-0.4, -0.2) is 37.6 Å². The summed E-state index contributed by atoms with van der Waals surface area (Å²) in [6.07, 6.45) is 4.52. The second kappa shape index (κ2) is 7.85. The molecule has 2 aromatic heterocycles. The minimum absolute atomic E-state index is 0.133. The predicted molar refractivity (Wildman–Crippen MR) is 121 cm³/mol. The van der Waals surface area contributed by atoms with Crippen molar-refractivity contribution in [1.82, 2.24) is 19.4 Å². The molecule has 0 atom stereocenters. The number of amides is 1. The highest BCUT2D eigenvalue weighted by Gasteiger charge is 2.24. The molecule has 1 amide bonds. The molecule has 0 fully saturated rings. The minimum atomic E-state index is 0.133. The molecular weight excluding hydrogens is 416 g/mol. The number of para-hydroxylation sites is 1. The number of thioether (sulfide) groups is 1. The van der Waals surface area contributed by atoms with E-state index in [9.17, 15) is 4.79 Å². The molecule has 5 nitrogen and oxygen atoms in total. The normalized spacial score (nSPS) is 13.6. The van der Waals surface area contributed by atoms with Gasteiger partial charge >= 0.3 is 0 Å². The fraction of sp³-hybridized carbons (Fsp3) is 0.217. The van der Waals surface area contributed by atoms with Gasteiger partial charge in [-0.3, -0.25) is 9.36 Å². The van der Waals surface area contributed by atoms with Crippen LogP contribution in [0.2, 0.25) is 5.02 Å². The van der Waals surface area contributed by atoms with Gasteiger partial charge in [0.15, 0.2) is 5.16 Å². The largest absolute Gasteiger partial charge is 0.358 e. The van der Waals surface area contributed by atoms with Crippen molar-refractivity contribution in [2.24, 2.45) is 0 Å². The zero-order valence-corrected chi connectivity index (χ0v) is 18.1. The van der Waals surface area contributed by atoms with Crippen molar-refractivity contribution in [2.75, 3.05) is 12.3 Å². The summed E-state index contributed by atoms with van der Waals surface area (Å²) in [5.74, 6) is 0.488. The molecule has 7 heteroatoms. The Morgan fingerprint density at radius 3 is 3.00 bits per heavy atom. The van der Waals surface area contributed by atoms with Crippen LogP contribution < -0.4 is 0 Å². The molecule has 1 aliphatic rings. The van der Waals surface area contributed by atoms with Gasteiger partial charge in [-0.25, -0.2) is 4.98 Å². The molecular formula is C23H21ClN4OS. The number of aromatic amines is 1. The van der Waals surface area contributed by atoms with Crippen molar-refractivity contribution >= 4 is 40.2 Å². The first-order valence-electron chi connectivity index (χ1n) is 9.89. The SMILES string of the molecule is Cc1c(Cl)cccc1-n1ccnc1SCC(=O)N1CCc2[nH]c3ccccc3c2C1. The third-order valence-electron chi connectivity index (χ3n) is 5.67. The van der Waals surface area contributed by atoms with Crippen LogP contribution in [0.1, 0.15) is 16.8 Å². The monoisotopic (exact) mass is 436 g/mol. The van der Waals surface area contributed by atoms with E-state index in [-0.39, 0.29) is 5.91 Å². The molecule has 0 radical (unpaired) electrons. The average Bonchev–Trinajstić information content (AvgIpc) is 3.38. The Kier molecular flexibility index (Phi) is 5.05. The van der Waals surface area contributed by atoms with Crippen molar-refractivity contribution < 1.29 is 4.79 Å². The van der Waals surface area contributed by atoms with Crippen LogP contribution in [0.4, 0.5) is 0 Å². The number of fused-ring (bicyclic) bond motifs is 3. The molecule has 0 saturated carbocycles. The third kappa shape index (κ3) is 3.40. The smallest absolute Gasteiger partial charge is 0.233 e. The first-order valence-corrected chi connectivity index (χ1v) is 11.3. The zero-order valence-electron chi connectivity index (χ0n) is 16.6. The van der Waals surface area contributed by atoms with Gasteiger partial charge < -0.3 is 9.88 Å². The van der Waals surface area contributed by atoms with Crippen LogP contribution in [0.15, 0.2) is 60.0 Å². The molecule has 152 valence electrons. The molecule has 30 heavy (non-hydrogen) atoms. The van der Waals surface area contributed by atoms with Crippen LogP contribution in [0.3, 0.4) is 0 Å². The number of benzene rings is 2. The number of imidazole rings is 1. The number of carbonyl (C=O) groups is 1. The molecule has 5 rings (SSSR count). The highest BCUT2D eigenvalue weighted by molar-refractivity contribution is 7.99. The van der Waals surface area contributed by atoms with E-state index in [4.69, 9.17) is 11.6 Å². The van der Waals surface area contributed by atoms with E-state index in [1.165, 1.54) is 28.4 Å². The van der Waals surface area contributed by atoms with Crippen LogP contribution in [0, 0.1) is 6.92 Å². The van der Waals surface area contributed by atoms with Crippen LogP contribution >= 0.6 is 23.4 Å². The van der Waals surface area contributed by atoms with E-state index < -0.39 is 0 Å². The Morgan fingerprint density at radius 2 is 2.10 bits per heavy atom. The van der Waals surface area contributed by atoms with Crippen molar-refractivity contribution in [3.05, 3.63) is 76.7 Å². The summed E-state index contributed by atoms with van der Waals surface area (Å²) in [5, 5.41) is 2.72. The van der Waals surface area contributed by atoms with Crippen molar-refractivity contribution in [2.45, 2.75) is 25.0 Å². The Morgan fingerprint density at radius 1 is 1.23 bits per heavy atom. The molecule has 0 bridgehead atoms. The van der Waals surface area contributed by atoms with Crippen molar-refractivity contribution in [3.63, 3.8) is 0 Å². The second-order valence-corrected chi connectivity index (χ2v) is 8.80. The summed E-state index contributed by atoms with van der Waals surface area (Å²) in [7, 11) is 0. The number of hydrogen-bond acceptors (Lipinski definition) is 3. The molecule has 0 spiro atoms. The summed E-state index contributed by atoms with van der Waals surface area (Å²) in [6, 6.07) is 14.1. The number of halogens is 1. The van der Waals surface area contributed by atoms with E-state index in [1.807, 2.05) is 52.9 Å². The molecule has 1 N–H and O–H groups in total. The number of aromatic nitrogens is 3. The molecule has 4 aromatic rings. The van der Waals surface area contributed by atoms with Crippen molar-refractivity contribution in [3.8, 4) is 5.69 Å². The fourth-order valence-corrected chi connectivity index (χ4v) is 5.07. The lowest BCUT2D eigenvalue weighted by molar-refractivity contribution is -0.129. The topological polar surface area (TPSA) is 53.9 Å². The lowest BCUT2D eigenvalue weighted by Gasteiger charge is -2.27. The summed E-state index contributed by atoms with van der Waals surface area (Å²) in [4.78, 5) is 22.9. The summed E-state index contributed by atoms with van der Waals surface area (Å²) < 4.78 is 1.99. The molecule has 0 aliphatic carbocycles. The highest BCUT2D eigenvalue weighted by atomic mass is 35.5. The van der Waals surface area contributed by atoms with E-state index in [0.29, 0.717) is 12.3 Å². The number of H-pyrrole nitrogens is 1. The Labute approximate surface area is 184 Å². The van der Waals surface area contributed by atoms with Gasteiger partial charge in [0.2, 0.25) is 5.91 Å². The number of carbonyl (C=O) groups excluding carboxylic acids is 1. The molecule has 0 unspecified atom stereocenters. The van der Waals surface area contributed by atoms with Gasteiger partial charge in [-0.2, -0.15) is 0 Å². The molecule has 2 aromatic carbocycles. The number of nitrogens with zero attached hydrogens (tertiary/aromatic N) is 3. The fourth-order valence-electron chi connectivity index (χ4n) is 4.03. The van der Waals surface area contributed by atoms with E-state index in [2.05, 4.69) is 22.1 Å².